The predicted octanol–water partition coefficient (Wildman–Crippen LogP) is 3.81. The van der Waals surface area contributed by atoms with Crippen molar-refractivity contribution in [3.63, 3.8) is 0 Å². The van der Waals surface area contributed by atoms with E-state index >= 15 is 0 Å². The summed E-state index contributed by atoms with van der Waals surface area (Å²) in [6, 6.07) is 20.7. The van der Waals surface area contributed by atoms with Crippen LogP contribution in [0.5, 0.6) is 0 Å². The summed E-state index contributed by atoms with van der Waals surface area (Å²) in [5, 5.41) is 8.36. The molecule has 0 aromatic heterocycles. The molecule has 1 N–H and O–H groups in total. The van der Waals surface area contributed by atoms with Gasteiger partial charge in [0.1, 0.15) is 5.84 Å². The van der Waals surface area contributed by atoms with Gasteiger partial charge in [-0.3, -0.25) is 10.3 Å². The second-order valence-electron chi connectivity index (χ2n) is 6.06. The lowest BCUT2D eigenvalue weighted by atomic mass is 10.1. The van der Waals surface area contributed by atoms with Crippen LogP contribution in [0.2, 0.25) is 0 Å². The topological polar surface area (TPSA) is 30.3 Å². The maximum atomic E-state index is 8.36. The minimum atomic E-state index is 0.662. The maximum Gasteiger partial charge on any atom is 0.128 e. The normalized spacial score (nSPS) is 15.4. The van der Waals surface area contributed by atoms with Crippen molar-refractivity contribution in [1.29, 1.82) is 5.41 Å². The number of amidine groups is 1. The summed E-state index contributed by atoms with van der Waals surface area (Å²) in [5.41, 5.74) is 1.02. The average Bonchev–Trinajstić information content (AvgIpc) is 2.67. The second-order valence-corrected chi connectivity index (χ2v) is 7.23. The zero-order valence-electron chi connectivity index (χ0n) is 14.0. The Balaban J connectivity index is 1.36. The second kappa shape index (κ2) is 8.90. The van der Waals surface area contributed by atoms with Gasteiger partial charge in [0.2, 0.25) is 0 Å². The average molecular weight is 340 g/mol. The van der Waals surface area contributed by atoms with Gasteiger partial charge < -0.3 is 4.90 Å². The van der Waals surface area contributed by atoms with Gasteiger partial charge in [0, 0.05) is 36.6 Å². The van der Waals surface area contributed by atoms with E-state index in [0.717, 1.165) is 38.3 Å². The van der Waals surface area contributed by atoms with Crippen molar-refractivity contribution < 1.29 is 0 Å². The van der Waals surface area contributed by atoms with Crippen molar-refractivity contribution >= 4 is 17.6 Å². The summed E-state index contributed by atoms with van der Waals surface area (Å²) in [4.78, 5) is 6.09. The van der Waals surface area contributed by atoms with Crippen molar-refractivity contribution in [3.05, 3.63) is 66.2 Å². The maximum absolute atomic E-state index is 8.36. The molecule has 1 aliphatic heterocycles. The fourth-order valence-electron chi connectivity index (χ4n) is 2.97. The lowest BCUT2D eigenvalue weighted by Gasteiger charge is -2.36. The van der Waals surface area contributed by atoms with Gasteiger partial charge in [0.05, 0.1) is 0 Å². The molecule has 0 unspecified atom stereocenters. The van der Waals surface area contributed by atoms with E-state index in [-0.39, 0.29) is 0 Å². The summed E-state index contributed by atoms with van der Waals surface area (Å²) >= 11 is 1.94. The number of benzene rings is 2. The summed E-state index contributed by atoms with van der Waals surface area (Å²) in [6.07, 6.45) is 1.22. The summed E-state index contributed by atoms with van der Waals surface area (Å²) in [7, 11) is 0. The number of thioether (sulfide) groups is 1. The fourth-order valence-corrected chi connectivity index (χ4v) is 3.83. The van der Waals surface area contributed by atoms with Crippen molar-refractivity contribution in [2.24, 2.45) is 0 Å². The molecule has 1 fully saturated rings. The zero-order valence-corrected chi connectivity index (χ0v) is 14.8. The molecule has 126 valence electrons. The van der Waals surface area contributed by atoms with E-state index in [2.05, 4.69) is 40.1 Å². The van der Waals surface area contributed by atoms with Crippen molar-refractivity contribution in [2.45, 2.75) is 11.3 Å². The molecule has 24 heavy (non-hydrogen) atoms. The molecule has 0 bridgehead atoms. The summed E-state index contributed by atoms with van der Waals surface area (Å²) in [5.74, 6) is 1.83. The highest BCUT2D eigenvalue weighted by Crippen LogP contribution is 2.18. The highest BCUT2D eigenvalue weighted by Gasteiger charge is 2.19. The monoisotopic (exact) mass is 339 g/mol. The Morgan fingerprint density at radius 3 is 2.17 bits per heavy atom. The van der Waals surface area contributed by atoms with Gasteiger partial charge in [-0.2, -0.15) is 0 Å². The molecule has 2 aromatic carbocycles. The molecule has 3 nitrogen and oxygen atoms in total. The fraction of sp³-hybridized carbons (Fsp3) is 0.350. The van der Waals surface area contributed by atoms with Crippen LogP contribution >= 0.6 is 11.8 Å². The molecule has 0 spiro atoms. The molecule has 0 atom stereocenters. The molecule has 0 aliphatic carbocycles. The molecule has 0 radical (unpaired) electrons. The number of piperazine rings is 1. The van der Waals surface area contributed by atoms with Crippen LogP contribution in [0.15, 0.2) is 65.6 Å². The third kappa shape index (κ3) is 4.86. The minimum Gasteiger partial charge on any atom is -0.354 e. The first-order valence-electron chi connectivity index (χ1n) is 8.62. The van der Waals surface area contributed by atoms with Crippen molar-refractivity contribution in [3.8, 4) is 0 Å². The number of nitrogens with one attached hydrogen (secondary N) is 1. The van der Waals surface area contributed by atoms with E-state index in [1.165, 1.54) is 17.1 Å². The molecule has 1 aliphatic rings. The van der Waals surface area contributed by atoms with E-state index in [1.807, 2.05) is 42.1 Å². The first-order chi connectivity index (χ1) is 11.8. The molecule has 1 saturated heterocycles. The molecule has 1 heterocycles. The Bertz CT molecular complexity index is 622. The van der Waals surface area contributed by atoms with Gasteiger partial charge >= 0.3 is 0 Å². The number of nitrogens with zero attached hydrogens (tertiary/aromatic N) is 2. The lowest BCUT2D eigenvalue weighted by molar-refractivity contribution is 0.182. The smallest absolute Gasteiger partial charge is 0.128 e. The van der Waals surface area contributed by atoms with Gasteiger partial charge in [-0.25, -0.2) is 0 Å². The Labute approximate surface area is 149 Å². The third-order valence-electron chi connectivity index (χ3n) is 4.37. The van der Waals surface area contributed by atoms with Gasteiger partial charge in [-0.05, 0) is 30.9 Å². The number of rotatable bonds is 6. The lowest BCUT2D eigenvalue weighted by Crippen LogP contribution is -2.48. The third-order valence-corrected chi connectivity index (χ3v) is 5.46. The molecule has 3 rings (SSSR count). The van der Waals surface area contributed by atoms with Crippen LogP contribution in [0, 0.1) is 5.41 Å². The molecule has 4 heteroatoms. The highest BCUT2D eigenvalue weighted by molar-refractivity contribution is 7.99. The van der Waals surface area contributed by atoms with Crippen LogP contribution in [-0.4, -0.2) is 54.1 Å². The largest absolute Gasteiger partial charge is 0.354 e. The Hall–Kier alpha value is -1.78. The summed E-state index contributed by atoms with van der Waals surface area (Å²) < 4.78 is 0. The van der Waals surface area contributed by atoms with E-state index in [4.69, 9.17) is 5.41 Å². The number of hydrogen-bond donors (Lipinski definition) is 1. The van der Waals surface area contributed by atoms with Gasteiger partial charge in [0.15, 0.2) is 0 Å². The minimum absolute atomic E-state index is 0.662. The van der Waals surface area contributed by atoms with Gasteiger partial charge in [0.25, 0.3) is 0 Å². The zero-order chi connectivity index (χ0) is 16.6. The number of hydrogen-bond acceptors (Lipinski definition) is 3. The Morgan fingerprint density at radius 1 is 0.875 bits per heavy atom. The molecule has 0 saturated carbocycles. The molecule has 0 amide bonds. The Morgan fingerprint density at radius 2 is 1.50 bits per heavy atom. The molecular formula is C20H25N3S. The van der Waals surface area contributed by atoms with Crippen LogP contribution in [0.3, 0.4) is 0 Å². The quantitative estimate of drug-likeness (QED) is 0.376. The van der Waals surface area contributed by atoms with E-state index in [9.17, 15) is 0 Å². The van der Waals surface area contributed by atoms with Crippen molar-refractivity contribution in [1.82, 2.24) is 9.80 Å². The Kier molecular flexibility index (Phi) is 6.33. The van der Waals surface area contributed by atoms with Crippen LogP contribution in [-0.2, 0) is 0 Å². The SMILES string of the molecule is N=C(c1ccccc1)N1CCN(CCCSc2ccccc2)CC1. The van der Waals surface area contributed by atoms with Crippen LogP contribution in [0.1, 0.15) is 12.0 Å². The van der Waals surface area contributed by atoms with Gasteiger partial charge in [-0.15, -0.1) is 11.8 Å². The van der Waals surface area contributed by atoms with Gasteiger partial charge in [-0.1, -0.05) is 48.5 Å². The van der Waals surface area contributed by atoms with E-state index in [0.29, 0.717) is 5.84 Å². The highest BCUT2D eigenvalue weighted by atomic mass is 32.2. The first-order valence-corrected chi connectivity index (χ1v) is 9.60. The van der Waals surface area contributed by atoms with Crippen LogP contribution < -0.4 is 0 Å². The van der Waals surface area contributed by atoms with Crippen LogP contribution in [0.4, 0.5) is 0 Å². The summed E-state index contributed by atoms with van der Waals surface area (Å²) in [6.45, 7) is 5.20. The molecule has 2 aromatic rings. The standard InChI is InChI=1S/C20H25N3S/c21-20(18-8-3-1-4-9-18)23-15-13-22(14-16-23)12-7-17-24-19-10-5-2-6-11-19/h1-6,8-11,21H,7,12-17H2. The van der Waals surface area contributed by atoms with Crippen molar-refractivity contribution in [2.75, 3.05) is 38.5 Å². The predicted molar refractivity (Wildman–Crippen MR) is 103 cm³/mol. The first kappa shape index (κ1) is 17.1. The van der Waals surface area contributed by atoms with Crippen LogP contribution in [0.25, 0.3) is 0 Å². The van der Waals surface area contributed by atoms with E-state index in [1.54, 1.807) is 0 Å². The molecular weight excluding hydrogens is 314 g/mol. The van der Waals surface area contributed by atoms with E-state index < -0.39 is 0 Å².